The van der Waals surface area contributed by atoms with Gasteiger partial charge in [-0.15, -0.1) is 10.2 Å². The van der Waals surface area contributed by atoms with Crippen LogP contribution in [0.1, 0.15) is 63.6 Å². The van der Waals surface area contributed by atoms with Crippen LogP contribution in [0.3, 0.4) is 0 Å². The first-order chi connectivity index (χ1) is 15.5. The van der Waals surface area contributed by atoms with Gasteiger partial charge in [0, 0.05) is 26.0 Å². The Kier molecular flexibility index (Phi) is 6.84. The van der Waals surface area contributed by atoms with E-state index in [0.717, 1.165) is 38.5 Å². The fourth-order valence-electron chi connectivity index (χ4n) is 3.89. The van der Waals surface area contributed by atoms with Gasteiger partial charge in [-0.3, -0.25) is 14.6 Å². The van der Waals surface area contributed by atoms with Crippen molar-refractivity contribution in [3.8, 4) is 10.7 Å². The summed E-state index contributed by atoms with van der Waals surface area (Å²) >= 11 is 1.26. The van der Waals surface area contributed by atoms with Crippen LogP contribution in [0, 0.1) is 0 Å². The van der Waals surface area contributed by atoms with Crippen molar-refractivity contribution in [1.82, 2.24) is 30.6 Å². The third-order valence-electron chi connectivity index (χ3n) is 5.39. The van der Waals surface area contributed by atoms with E-state index in [-0.39, 0.29) is 18.2 Å². The fraction of sp³-hybridized carbons (Fsp3) is 0.476. The molecule has 2 amide bonds. The van der Waals surface area contributed by atoms with E-state index < -0.39 is 5.54 Å². The van der Waals surface area contributed by atoms with E-state index in [2.05, 4.69) is 36.0 Å². The van der Waals surface area contributed by atoms with Gasteiger partial charge in [0.2, 0.25) is 22.8 Å². The quantitative estimate of drug-likeness (QED) is 0.518. The molecule has 0 radical (unpaired) electrons. The minimum absolute atomic E-state index is 0.111. The van der Waals surface area contributed by atoms with Crippen LogP contribution in [0.2, 0.25) is 0 Å². The molecule has 3 heterocycles. The Bertz CT molecular complexity index is 1060. The SMILES string of the molecule is CC(=O)NC1(c2noc(CCC(=O)Nc3nnc(-c4ccccn4)s3)n2)CCCCCC1. The number of nitrogens with one attached hydrogen (secondary N) is 2. The number of carbonyl (C=O) groups is 2. The molecule has 0 aromatic carbocycles. The summed E-state index contributed by atoms with van der Waals surface area (Å²) in [6.45, 7) is 1.50. The maximum absolute atomic E-state index is 12.4. The molecule has 10 nitrogen and oxygen atoms in total. The van der Waals surface area contributed by atoms with Crippen LogP contribution in [-0.2, 0) is 21.5 Å². The van der Waals surface area contributed by atoms with Crippen molar-refractivity contribution < 1.29 is 14.1 Å². The molecule has 1 aliphatic carbocycles. The molecule has 3 aromatic rings. The average molecular weight is 456 g/mol. The summed E-state index contributed by atoms with van der Waals surface area (Å²) in [7, 11) is 0. The lowest BCUT2D eigenvalue weighted by molar-refractivity contribution is -0.121. The van der Waals surface area contributed by atoms with Crippen LogP contribution in [0.25, 0.3) is 10.7 Å². The number of amides is 2. The summed E-state index contributed by atoms with van der Waals surface area (Å²) < 4.78 is 5.40. The third kappa shape index (κ3) is 5.34. The predicted molar refractivity (Wildman–Crippen MR) is 118 cm³/mol. The Balaban J connectivity index is 1.36. The monoisotopic (exact) mass is 455 g/mol. The van der Waals surface area contributed by atoms with Crippen molar-refractivity contribution in [2.75, 3.05) is 5.32 Å². The van der Waals surface area contributed by atoms with Crippen LogP contribution < -0.4 is 10.6 Å². The molecule has 1 saturated carbocycles. The van der Waals surface area contributed by atoms with Gasteiger partial charge < -0.3 is 15.2 Å². The zero-order valence-corrected chi connectivity index (χ0v) is 18.7. The lowest BCUT2D eigenvalue weighted by Gasteiger charge is -2.30. The molecule has 32 heavy (non-hydrogen) atoms. The topological polar surface area (TPSA) is 136 Å². The second-order valence-corrected chi connectivity index (χ2v) is 8.84. The highest BCUT2D eigenvalue weighted by molar-refractivity contribution is 7.18. The second kappa shape index (κ2) is 9.94. The Morgan fingerprint density at radius 3 is 2.69 bits per heavy atom. The van der Waals surface area contributed by atoms with Crippen molar-refractivity contribution in [2.24, 2.45) is 0 Å². The normalized spacial score (nSPS) is 15.7. The molecular formula is C21H25N7O3S. The van der Waals surface area contributed by atoms with Crippen LogP contribution in [0.4, 0.5) is 5.13 Å². The summed E-state index contributed by atoms with van der Waals surface area (Å²) in [6, 6.07) is 5.52. The van der Waals surface area contributed by atoms with Crippen LogP contribution in [-0.4, -0.2) is 37.1 Å². The Morgan fingerprint density at radius 2 is 1.97 bits per heavy atom. The number of pyridine rings is 1. The van der Waals surface area contributed by atoms with E-state index in [9.17, 15) is 9.59 Å². The Morgan fingerprint density at radius 1 is 1.16 bits per heavy atom. The molecule has 1 aliphatic rings. The van der Waals surface area contributed by atoms with Crippen LogP contribution in [0.15, 0.2) is 28.9 Å². The molecule has 0 aliphatic heterocycles. The molecule has 4 rings (SSSR count). The lowest BCUT2D eigenvalue weighted by Crippen LogP contribution is -2.45. The van der Waals surface area contributed by atoms with Gasteiger partial charge in [0.15, 0.2) is 10.8 Å². The average Bonchev–Trinajstić information content (AvgIpc) is 3.39. The number of aryl methyl sites for hydroxylation is 1. The summed E-state index contributed by atoms with van der Waals surface area (Å²) in [5, 5.41) is 19.1. The maximum Gasteiger partial charge on any atom is 0.227 e. The second-order valence-electron chi connectivity index (χ2n) is 7.86. The fourth-order valence-corrected chi connectivity index (χ4v) is 4.63. The zero-order valence-electron chi connectivity index (χ0n) is 17.8. The lowest BCUT2D eigenvalue weighted by atomic mass is 9.89. The largest absolute Gasteiger partial charge is 0.343 e. The van der Waals surface area contributed by atoms with E-state index in [0.29, 0.717) is 34.0 Å². The number of hydrogen-bond donors (Lipinski definition) is 2. The number of rotatable bonds is 7. The molecule has 0 spiro atoms. The molecule has 2 N–H and O–H groups in total. The van der Waals surface area contributed by atoms with Crippen LogP contribution in [0.5, 0.6) is 0 Å². The smallest absolute Gasteiger partial charge is 0.227 e. The molecule has 0 bridgehead atoms. The Labute approximate surface area is 189 Å². The van der Waals surface area contributed by atoms with E-state index in [4.69, 9.17) is 4.52 Å². The first-order valence-corrected chi connectivity index (χ1v) is 11.5. The van der Waals surface area contributed by atoms with E-state index in [1.54, 1.807) is 6.20 Å². The van der Waals surface area contributed by atoms with Crippen molar-refractivity contribution in [1.29, 1.82) is 0 Å². The standard InChI is InChI=1S/C21H25N7O3S/c1-14(29)25-21(11-5-2-3-6-12-21)19-24-17(31-28-19)10-9-16(30)23-20-27-26-18(32-20)15-8-4-7-13-22-15/h4,7-8,13H,2-3,5-6,9-12H2,1H3,(H,25,29)(H,23,27,30). The molecule has 0 saturated heterocycles. The first-order valence-electron chi connectivity index (χ1n) is 10.7. The van der Waals surface area contributed by atoms with Gasteiger partial charge in [0.05, 0.1) is 0 Å². The van der Waals surface area contributed by atoms with Gasteiger partial charge in [-0.05, 0) is 25.0 Å². The molecular weight excluding hydrogens is 430 g/mol. The van der Waals surface area contributed by atoms with Crippen molar-refractivity contribution in [3.05, 3.63) is 36.1 Å². The summed E-state index contributed by atoms with van der Waals surface area (Å²) in [4.78, 5) is 32.9. The van der Waals surface area contributed by atoms with Crippen molar-refractivity contribution >= 4 is 28.3 Å². The highest BCUT2D eigenvalue weighted by Crippen LogP contribution is 2.34. The molecule has 0 atom stereocenters. The molecule has 1 fully saturated rings. The van der Waals surface area contributed by atoms with E-state index in [1.807, 2.05) is 18.2 Å². The van der Waals surface area contributed by atoms with Gasteiger partial charge in [-0.25, -0.2) is 0 Å². The number of hydrogen-bond acceptors (Lipinski definition) is 9. The van der Waals surface area contributed by atoms with Crippen molar-refractivity contribution in [3.63, 3.8) is 0 Å². The minimum Gasteiger partial charge on any atom is -0.343 e. The molecule has 11 heteroatoms. The minimum atomic E-state index is -0.596. The number of nitrogens with zero attached hydrogens (tertiary/aromatic N) is 5. The third-order valence-corrected chi connectivity index (χ3v) is 6.25. The Hall–Kier alpha value is -3.21. The van der Waals surface area contributed by atoms with Crippen molar-refractivity contribution in [2.45, 2.75) is 63.8 Å². The highest BCUT2D eigenvalue weighted by atomic mass is 32.1. The number of aromatic nitrogens is 5. The molecule has 168 valence electrons. The van der Waals surface area contributed by atoms with Gasteiger partial charge >= 0.3 is 0 Å². The van der Waals surface area contributed by atoms with E-state index in [1.165, 1.54) is 18.3 Å². The molecule has 0 unspecified atom stereocenters. The van der Waals surface area contributed by atoms with E-state index >= 15 is 0 Å². The number of carbonyl (C=O) groups excluding carboxylic acids is 2. The maximum atomic E-state index is 12.4. The summed E-state index contributed by atoms with van der Waals surface area (Å²) in [5.74, 6) is 0.531. The van der Waals surface area contributed by atoms with Crippen LogP contribution >= 0.6 is 11.3 Å². The molecule has 3 aromatic heterocycles. The predicted octanol–water partition coefficient (Wildman–Crippen LogP) is 3.24. The van der Waals surface area contributed by atoms with Gasteiger partial charge in [-0.2, -0.15) is 4.98 Å². The zero-order chi connectivity index (χ0) is 22.4. The number of anilines is 1. The summed E-state index contributed by atoms with van der Waals surface area (Å²) in [6.07, 6.45) is 7.93. The van der Waals surface area contributed by atoms with Gasteiger partial charge in [-0.1, -0.05) is 48.2 Å². The first kappa shape index (κ1) is 22.0. The highest BCUT2D eigenvalue weighted by Gasteiger charge is 2.38. The van der Waals surface area contributed by atoms with Gasteiger partial charge in [0.1, 0.15) is 11.2 Å². The summed E-state index contributed by atoms with van der Waals surface area (Å²) in [5.41, 5.74) is 0.108. The van der Waals surface area contributed by atoms with Gasteiger partial charge in [0.25, 0.3) is 0 Å².